The standard InChI is InChI=1S/C19H19FN4OS/c1-12-15(18(25)23-14-7-5-6-13(20)10-14)16-17(21-11-22-19(16)26-12)24-8-3-2-4-9-24/h5-7,10-11H,2-4,8-9H2,1H3,(H,23,25). The second-order valence-corrected chi connectivity index (χ2v) is 7.63. The highest BCUT2D eigenvalue weighted by molar-refractivity contribution is 7.19. The Morgan fingerprint density at radius 2 is 2.04 bits per heavy atom. The summed E-state index contributed by atoms with van der Waals surface area (Å²) in [4.78, 5) is 25.7. The van der Waals surface area contributed by atoms with E-state index in [9.17, 15) is 9.18 Å². The van der Waals surface area contributed by atoms with Crippen molar-refractivity contribution < 1.29 is 9.18 Å². The first-order valence-electron chi connectivity index (χ1n) is 8.69. The summed E-state index contributed by atoms with van der Waals surface area (Å²) < 4.78 is 13.4. The Balaban J connectivity index is 1.76. The summed E-state index contributed by atoms with van der Waals surface area (Å²) in [5.74, 6) is 0.183. The molecule has 1 fully saturated rings. The van der Waals surface area contributed by atoms with Gasteiger partial charge in [-0.05, 0) is 44.4 Å². The van der Waals surface area contributed by atoms with E-state index in [2.05, 4.69) is 20.2 Å². The van der Waals surface area contributed by atoms with Crippen molar-refractivity contribution in [1.82, 2.24) is 9.97 Å². The van der Waals surface area contributed by atoms with Gasteiger partial charge in [-0.1, -0.05) is 6.07 Å². The number of carbonyl (C=O) groups is 1. The van der Waals surface area contributed by atoms with E-state index >= 15 is 0 Å². The highest BCUT2D eigenvalue weighted by Gasteiger charge is 2.24. The van der Waals surface area contributed by atoms with Crippen LogP contribution < -0.4 is 10.2 Å². The zero-order valence-corrected chi connectivity index (χ0v) is 15.3. The first kappa shape index (κ1) is 16.9. The quantitative estimate of drug-likeness (QED) is 0.743. The van der Waals surface area contributed by atoms with E-state index in [-0.39, 0.29) is 11.7 Å². The molecule has 1 N–H and O–H groups in total. The average Bonchev–Trinajstić information content (AvgIpc) is 2.98. The molecule has 4 rings (SSSR count). The fourth-order valence-electron chi connectivity index (χ4n) is 3.41. The fourth-order valence-corrected chi connectivity index (χ4v) is 4.39. The van der Waals surface area contributed by atoms with Gasteiger partial charge in [0.25, 0.3) is 5.91 Å². The average molecular weight is 370 g/mol. The lowest BCUT2D eigenvalue weighted by atomic mass is 10.1. The predicted molar refractivity (Wildman–Crippen MR) is 103 cm³/mol. The van der Waals surface area contributed by atoms with Gasteiger partial charge < -0.3 is 10.2 Å². The molecule has 0 unspecified atom stereocenters. The van der Waals surface area contributed by atoms with Crippen molar-refractivity contribution >= 4 is 39.0 Å². The second-order valence-electron chi connectivity index (χ2n) is 6.42. The molecule has 3 aromatic rings. The van der Waals surface area contributed by atoms with Crippen molar-refractivity contribution in [2.45, 2.75) is 26.2 Å². The molecule has 0 saturated carbocycles. The van der Waals surface area contributed by atoms with Gasteiger partial charge >= 0.3 is 0 Å². The number of anilines is 2. The van der Waals surface area contributed by atoms with Crippen molar-refractivity contribution in [3.05, 3.63) is 46.9 Å². The van der Waals surface area contributed by atoms with Crippen LogP contribution in [0.3, 0.4) is 0 Å². The van der Waals surface area contributed by atoms with E-state index < -0.39 is 0 Å². The maximum absolute atomic E-state index is 13.4. The van der Waals surface area contributed by atoms with Crippen LogP contribution in [0.4, 0.5) is 15.9 Å². The first-order chi connectivity index (χ1) is 12.6. The van der Waals surface area contributed by atoms with E-state index in [0.29, 0.717) is 11.3 Å². The van der Waals surface area contributed by atoms with Crippen LogP contribution in [0.1, 0.15) is 34.5 Å². The molecule has 0 aliphatic carbocycles. The van der Waals surface area contributed by atoms with Gasteiger partial charge in [0.2, 0.25) is 0 Å². The summed E-state index contributed by atoms with van der Waals surface area (Å²) in [6.07, 6.45) is 5.04. The third-order valence-electron chi connectivity index (χ3n) is 4.61. The molecule has 1 aliphatic rings. The Hall–Kier alpha value is -2.54. The minimum Gasteiger partial charge on any atom is -0.356 e. The SMILES string of the molecule is Cc1sc2ncnc(N3CCCCC3)c2c1C(=O)Nc1cccc(F)c1. The lowest BCUT2D eigenvalue weighted by Gasteiger charge is -2.28. The van der Waals surface area contributed by atoms with Gasteiger partial charge in [0.05, 0.1) is 10.9 Å². The highest BCUT2D eigenvalue weighted by atomic mass is 32.1. The van der Waals surface area contributed by atoms with Gasteiger partial charge in [-0.15, -0.1) is 11.3 Å². The number of thiophene rings is 1. The molecule has 1 saturated heterocycles. The Kier molecular flexibility index (Phi) is 4.55. The lowest BCUT2D eigenvalue weighted by Crippen LogP contribution is -2.30. The molecule has 2 aromatic heterocycles. The zero-order chi connectivity index (χ0) is 18.1. The Bertz CT molecular complexity index is 965. The smallest absolute Gasteiger partial charge is 0.257 e. The normalized spacial score (nSPS) is 14.6. The molecule has 1 amide bonds. The van der Waals surface area contributed by atoms with Gasteiger partial charge in [-0.25, -0.2) is 14.4 Å². The molecule has 0 atom stereocenters. The van der Waals surface area contributed by atoms with Crippen LogP contribution in [-0.4, -0.2) is 29.0 Å². The largest absolute Gasteiger partial charge is 0.356 e. The van der Waals surface area contributed by atoms with Crippen LogP contribution in [0.15, 0.2) is 30.6 Å². The molecule has 0 bridgehead atoms. The molecule has 1 aliphatic heterocycles. The van der Waals surface area contributed by atoms with Crippen LogP contribution in [0.5, 0.6) is 0 Å². The molecular formula is C19H19FN4OS. The topological polar surface area (TPSA) is 58.1 Å². The van der Waals surface area contributed by atoms with Gasteiger partial charge in [-0.3, -0.25) is 4.79 Å². The van der Waals surface area contributed by atoms with Crippen LogP contribution in [-0.2, 0) is 0 Å². The monoisotopic (exact) mass is 370 g/mol. The number of piperidine rings is 1. The van der Waals surface area contributed by atoms with Crippen LogP contribution >= 0.6 is 11.3 Å². The molecule has 0 radical (unpaired) electrons. The minimum atomic E-state index is -0.382. The van der Waals surface area contributed by atoms with Gasteiger partial charge in [0.1, 0.15) is 22.8 Å². The number of aromatic nitrogens is 2. The fraction of sp³-hybridized carbons (Fsp3) is 0.316. The number of hydrogen-bond acceptors (Lipinski definition) is 5. The van der Waals surface area contributed by atoms with Gasteiger partial charge in [0.15, 0.2) is 0 Å². The van der Waals surface area contributed by atoms with E-state index in [1.54, 1.807) is 18.5 Å². The van der Waals surface area contributed by atoms with Crippen molar-refractivity contribution in [1.29, 1.82) is 0 Å². The van der Waals surface area contributed by atoms with Crippen LogP contribution in [0, 0.1) is 12.7 Å². The zero-order valence-electron chi connectivity index (χ0n) is 14.5. The van der Waals surface area contributed by atoms with E-state index in [4.69, 9.17) is 0 Å². The molecule has 26 heavy (non-hydrogen) atoms. The number of benzene rings is 1. The Morgan fingerprint density at radius 1 is 1.23 bits per heavy atom. The number of rotatable bonds is 3. The summed E-state index contributed by atoms with van der Waals surface area (Å²) in [5, 5.41) is 3.60. The lowest BCUT2D eigenvalue weighted by molar-refractivity contribution is 0.102. The van der Waals surface area contributed by atoms with Crippen molar-refractivity contribution in [3.8, 4) is 0 Å². The van der Waals surface area contributed by atoms with Crippen LogP contribution in [0.25, 0.3) is 10.2 Å². The summed E-state index contributed by atoms with van der Waals surface area (Å²) in [5.41, 5.74) is 1.01. The van der Waals surface area contributed by atoms with Gasteiger partial charge in [0, 0.05) is 23.7 Å². The molecule has 7 heteroatoms. The third-order valence-corrected chi connectivity index (χ3v) is 5.62. The number of amides is 1. The minimum absolute atomic E-state index is 0.257. The molecule has 1 aromatic carbocycles. The van der Waals surface area contributed by atoms with E-state index in [1.807, 2.05) is 6.92 Å². The maximum Gasteiger partial charge on any atom is 0.257 e. The van der Waals surface area contributed by atoms with E-state index in [1.165, 1.54) is 29.9 Å². The number of carbonyl (C=O) groups excluding carboxylic acids is 1. The number of hydrogen-bond donors (Lipinski definition) is 1. The number of halogens is 1. The van der Waals surface area contributed by atoms with Crippen molar-refractivity contribution in [2.75, 3.05) is 23.3 Å². The third kappa shape index (κ3) is 3.14. The number of aryl methyl sites for hydroxylation is 1. The molecule has 5 nitrogen and oxygen atoms in total. The number of nitrogens with one attached hydrogen (secondary N) is 1. The molecule has 3 heterocycles. The summed E-state index contributed by atoms with van der Waals surface area (Å²) >= 11 is 1.49. The Morgan fingerprint density at radius 3 is 2.81 bits per heavy atom. The first-order valence-corrected chi connectivity index (χ1v) is 9.51. The molecule has 134 valence electrons. The number of fused-ring (bicyclic) bond motifs is 1. The summed E-state index contributed by atoms with van der Waals surface area (Å²) in [6, 6.07) is 5.91. The number of nitrogens with zero attached hydrogens (tertiary/aromatic N) is 3. The summed E-state index contributed by atoms with van der Waals surface area (Å²) in [6.45, 7) is 3.78. The molecular weight excluding hydrogens is 351 g/mol. The van der Waals surface area contributed by atoms with E-state index in [0.717, 1.165) is 46.8 Å². The molecule has 0 spiro atoms. The van der Waals surface area contributed by atoms with Crippen molar-refractivity contribution in [3.63, 3.8) is 0 Å². The summed E-state index contributed by atoms with van der Waals surface area (Å²) in [7, 11) is 0. The predicted octanol–water partition coefficient (Wildman–Crippen LogP) is 4.38. The van der Waals surface area contributed by atoms with Crippen molar-refractivity contribution in [2.24, 2.45) is 0 Å². The Labute approximate surface area is 154 Å². The van der Waals surface area contributed by atoms with Gasteiger partial charge in [-0.2, -0.15) is 0 Å². The highest BCUT2D eigenvalue weighted by Crippen LogP contribution is 2.36. The van der Waals surface area contributed by atoms with Crippen LogP contribution in [0.2, 0.25) is 0 Å². The second kappa shape index (κ2) is 6.99. The maximum atomic E-state index is 13.4.